The van der Waals surface area contributed by atoms with Crippen molar-refractivity contribution in [2.24, 2.45) is 0 Å². The predicted octanol–water partition coefficient (Wildman–Crippen LogP) is 1.07. The van der Waals surface area contributed by atoms with E-state index >= 15 is 0 Å². The minimum absolute atomic E-state index is 0.454. The number of hydrogen-bond donors (Lipinski definition) is 2. The first-order valence-electron chi connectivity index (χ1n) is 5.42. The van der Waals surface area contributed by atoms with Crippen LogP contribution in [0.2, 0.25) is 0 Å². The highest BCUT2D eigenvalue weighted by atomic mass is 16.5. The molecule has 1 atom stereocenters. The molecule has 82 valence electrons. The Balaban J connectivity index is 2.02. The van der Waals surface area contributed by atoms with Gasteiger partial charge in [0.05, 0.1) is 6.61 Å². The molecule has 0 bridgehead atoms. The molecule has 2 N–H and O–H groups in total. The zero-order chi connectivity index (χ0) is 10.5. The molecule has 0 amide bonds. The lowest BCUT2D eigenvalue weighted by molar-refractivity contribution is 0.185. The van der Waals surface area contributed by atoms with Gasteiger partial charge in [-0.1, -0.05) is 24.3 Å². The molecular weight excluding hydrogens is 188 g/mol. The van der Waals surface area contributed by atoms with Gasteiger partial charge < -0.3 is 15.4 Å². The summed E-state index contributed by atoms with van der Waals surface area (Å²) in [5.74, 6) is 0. The van der Waals surface area contributed by atoms with Crippen molar-refractivity contribution in [2.75, 3.05) is 26.7 Å². The first-order chi connectivity index (χ1) is 7.40. The molecule has 0 spiro atoms. The van der Waals surface area contributed by atoms with Crippen LogP contribution in [0.25, 0.3) is 0 Å². The summed E-state index contributed by atoms with van der Waals surface area (Å²) in [5, 5.41) is 6.88. The van der Waals surface area contributed by atoms with Crippen LogP contribution in [0.15, 0.2) is 24.3 Å². The maximum absolute atomic E-state index is 5.09. The van der Waals surface area contributed by atoms with Crippen molar-refractivity contribution in [1.82, 2.24) is 10.6 Å². The van der Waals surface area contributed by atoms with Gasteiger partial charge >= 0.3 is 0 Å². The summed E-state index contributed by atoms with van der Waals surface area (Å²) in [6.45, 7) is 3.82. The second-order valence-electron chi connectivity index (χ2n) is 3.89. The average molecular weight is 206 g/mol. The Bertz CT molecular complexity index is 291. The normalized spacial score (nSPS) is 21.5. The fraction of sp³-hybridized carbons (Fsp3) is 0.500. The van der Waals surface area contributed by atoms with E-state index in [9.17, 15) is 0 Å². The van der Waals surface area contributed by atoms with E-state index in [0.717, 1.165) is 19.6 Å². The molecule has 0 aliphatic carbocycles. The summed E-state index contributed by atoms with van der Waals surface area (Å²) in [6, 6.07) is 9.08. The Hall–Kier alpha value is -0.900. The van der Waals surface area contributed by atoms with Gasteiger partial charge in [0.2, 0.25) is 0 Å². The molecular formula is C12H18N2O. The SMILES string of the molecule is COCc1ccc([C@@H]2CNCCN2)cc1. The van der Waals surface area contributed by atoms with Gasteiger partial charge in [0.25, 0.3) is 0 Å². The molecule has 0 unspecified atom stereocenters. The molecule has 2 rings (SSSR count). The Kier molecular flexibility index (Phi) is 3.72. The number of rotatable bonds is 3. The molecule has 0 aromatic heterocycles. The van der Waals surface area contributed by atoms with E-state index in [1.165, 1.54) is 11.1 Å². The third-order valence-electron chi connectivity index (χ3n) is 2.73. The van der Waals surface area contributed by atoms with Gasteiger partial charge in [-0.25, -0.2) is 0 Å². The maximum atomic E-state index is 5.09. The number of methoxy groups -OCH3 is 1. The van der Waals surface area contributed by atoms with Crippen LogP contribution in [0, 0.1) is 0 Å². The highest BCUT2D eigenvalue weighted by molar-refractivity contribution is 5.25. The van der Waals surface area contributed by atoms with E-state index in [-0.39, 0.29) is 0 Å². The zero-order valence-corrected chi connectivity index (χ0v) is 9.12. The molecule has 1 aliphatic heterocycles. The van der Waals surface area contributed by atoms with E-state index in [1.807, 2.05) is 0 Å². The Labute approximate surface area is 90.8 Å². The van der Waals surface area contributed by atoms with Crippen molar-refractivity contribution in [3.8, 4) is 0 Å². The van der Waals surface area contributed by atoms with Gasteiger partial charge in [-0.2, -0.15) is 0 Å². The minimum Gasteiger partial charge on any atom is -0.380 e. The number of ether oxygens (including phenoxy) is 1. The Morgan fingerprint density at radius 1 is 1.27 bits per heavy atom. The summed E-state index contributed by atoms with van der Waals surface area (Å²) < 4.78 is 5.09. The maximum Gasteiger partial charge on any atom is 0.0713 e. The Morgan fingerprint density at radius 3 is 2.67 bits per heavy atom. The number of nitrogens with one attached hydrogen (secondary N) is 2. The van der Waals surface area contributed by atoms with Crippen LogP contribution < -0.4 is 10.6 Å². The fourth-order valence-corrected chi connectivity index (χ4v) is 1.90. The van der Waals surface area contributed by atoms with Crippen molar-refractivity contribution in [1.29, 1.82) is 0 Å². The van der Waals surface area contributed by atoms with E-state index in [4.69, 9.17) is 4.74 Å². The van der Waals surface area contributed by atoms with Gasteiger partial charge in [0.15, 0.2) is 0 Å². The van der Waals surface area contributed by atoms with E-state index in [1.54, 1.807) is 7.11 Å². The number of piperazine rings is 1. The summed E-state index contributed by atoms with van der Waals surface area (Å²) in [7, 11) is 1.72. The third-order valence-corrected chi connectivity index (χ3v) is 2.73. The van der Waals surface area contributed by atoms with Crippen LogP contribution in [0.4, 0.5) is 0 Å². The van der Waals surface area contributed by atoms with E-state index in [2.05, 4.69) is 34.9 Å². The summed E-state index contributed by atoms with van der Waals surface area (Å²) in [4.78, 5) is 0. The van der Waals surface area contributed by atoms with Crippen molar-refractivity contribution in [2.45, 2.75) is 12.6 Å². The molecule has 1 fully saturated rings. The topological polar surface area (TPSA) is 33.3 Å². The first kappa shape index (κ1) is 10.6. The molecule has 1 aromatic carbocycles. The van der Waals surface area contributed by atoms with Gasteiger partial charge in [0.1, 0.15) is 0 Å². The van der Waals surface area contributed by atoms with Crippen LogP contribution in [-0.4, -0.2) is 26.7 Å². The standard InChI is InChI=1S/C12H18N2O/c1-15-9-10-2-4-11(5-3-10)12-8-13-6-7-14-12/h2-5,12-14H,6-9H2,1H3/t12-/m0/s1. The average Bonchev–Trinajstić information content (AvgIpc) is 2.32. The van der Waals surface area contributed by atoms with E-state index < -0.39 is 0 Å². The van der Waals surface area contributed by atoms with Crippen molar-refractivity contribution in [3.05, 3.63) is 35.4 Å². The van der Waals surface area contributed by atoms with E-state index in [0.29, 0.717) is 12.6 Å². The van der Waals surface area contributed by atoms with Crippen LogP contribution in [-0.2, 0) is 11.3 Å². The minimum atomic E-state index is 0.454. The summed E-state index contributed by atoms with van der Waals surface area (Å²) in [6.07, 6.45) is 0. The van der Waals surface area contributed by atoms with Crippen LogP contribution >= 0.6 is 0 Å². The lowest BCUT2D eigenvalue weighted by Crippen LogP contribution is -2.42. The highest BCUT2D eigenvalue weighted by Crippen LogP contribution is 2.14. The summed E-state index contributed by atoms with van der Waals surface area (Å²) in [5.41, 5.74) is 2.58. The molecule has 0 saturated carbocycles. The lowest BCUT2D eigenvalue weighted by Gasteiger charge is -2.24. The molecule has 1 aliphatic rings. The van der Waals surface area contributed by atoms with Gasteiger partial charge in [-0.05, 0) is 11.1 Å². The summed E-state index contributed by atoms with van der Waals surface area (Å²) >= 11 is 0. The van der Waals surface area contributed by atoms with Crippen molar-refractivity contribution in [3.63, 3.8) is 0 Å². The molecule has 1 saturated heterocycles. The molecule has 1 aromatic rings. The second kappa shape index (κ2) is 5.26. The van der Waals surface area contributed by atoms with Crippen molar-refractivity contribution < 1.29 is 4.74 Å². The molecule has 3 nitrogen and oxygen atoms in total. The van der Waals surface area contributed by atoms with Gasteiger partial charge in [-0.15, -0.1) is 0 Å². The molecule has 15 heavy (non-hydrogen) atoms. The second-order valence-corrected chi connectivity index (χ2v) is 3.89. The third kappa shape index (κ3) is 2.78. The molecule has 0 radical (unpaired) electrons. The van der Waals surface area contributed by atoms with Crippen LogP contribution in [0.5, 0.6) is 0 Å². The Morgan fingerprint density at radius 2 is 2.07 bits per heavy atom. The highest BCUT2D eigenvalue weighted by Gasteiger charge is 2.13. The largest absolute Gasteiger partial charge is 0.380 e. The number of hydrogen-bond acceptors (Lipinski definition) is 3. The van der Waals surface area contributed by atoms with Crippen LogP contribution in [0.1, 0.15) is 17.2 Å². The zero-order valence-electron chi connectivity index (χ0n) is 9.12. The first-order valence-corrected chi connectivity index (χ1v) is 5.42. The predicted molar refractivity (Wildman–Crippen MR) is 60.8 cm³/mol. The fourth-order valence-electron chi connectivity index (χ4n) is 1.90. The molecule has 3 heteroatoms. The smallest absolute Gasteiger partial charge is 0.0713 e. The van der Waals surface area contributed by atoms with Gasteiger partial charge in [0, 0.05) is 32.8 Å². The van der Waals surface area contributed by atoms with Crippen molar-refractivity contribution >= 4 is 0 Å². The lowest BCUT2D eigenvalue weighted by atomic mass is 10.0. The van der Waals surface area contributed by atoms with Crippen LogP contribution in [0.3, 0.4) is 0 Å². The number of benzene rings is 1. The monoisotopic (exact) mass is 206 g/mol. The molecule has 1 heterocycles. The van der Waals surface area contributed by atoms with Gasteiger partial charge in [-0.3, -0.25) is 0 Å². The quantitative estimate of drug-likeness (QED) is 0.776.